The zero-order chi connectivity index (χ0) is 19.8. The van der Waals surface area contributed by atoms with Crippen LogP contribution in [-0.4, -0.2) is 63.3 Å². The van der Waals surface area contributed by atoms with Crippen LogP contribution in [0.15, 0.2) is 34.7 Å². The van der Waals surface area contributed by atoms with Gasteiger partial charge in [-0.25, -0.2) is 14.8 Å². The number of nitrogens with zero attached hydrogens (tertiary/aromatic N) is 4. The van der Waals surface area contributed by atoms with E-state index in [4.69, 9.17) is 4.98 Å². The molecule has 3 aromatic heterocycles. The van der Waals surface area contributed by atoms with Crippen LogP contribution in [0.25, 0.3) is 16.2 Å². The molecule has 154 valence electrons. The van der Waals surface area contributed by atoms with Gasteiger partial charge in [0.25, 0.3) is 0 Å². The maximum absolute atomic E-state index is 12.6. The fraction of sp³-hybridized carbons (Fsp3) is 0.333. The van der Waals surface area contributed by atoms with E-state index >= 15 is 0 Å². The summed E-state index contributed by atoms with van der Waals surface area (Å²) in [5, 5.41) is 15.8. The Bertz CT molecular complexity index is 1080. The summed E-state index contributed by atoms with van der Waals surface area (Å²) in [6, 6.07) is 3.80. The summed E-state index contributed by atoms with van der Waals surface area (Å²) < 4.78 is 1.59. The first-order valence-electron chi connectivity index (χ1n) is 8.68. The summed E-state index contributed by atoms with van der Waals surface area (Å²) in [4.78, 5) is 35.4. The number of pyridine rings is 2. The Hall–Kier alpha value is -2.14. The highest BCUT2D eigenvalue weighted by atomic mass is 35.5. The van der Waals surface area contributed by atoms with Crippen molar-refractivity contribution in [1.82, 2.24) is 19.9 Å². The smallest absolute Gasteiger partial charge is 0.341 e. The van der Waals surface area contributed by atoms with Gasteiger partial charge in [0.1, 0.15) is 11.4 Å². The van der Waals surface area contributed by atoms with E-state index in [0.29, 0.717) is 22.1 Å². The zero-order valence-electron chi connectivity index (χ0n) is 15.7. The van der Waals surface area contributed by atoms with Crippen LogP contribution in [0.2, 0.25) is 0 Å². The molecule has 3 aromatic rings. The molecule has 2 atom stereocenters. The summed E-state index contributed by atoms with van der Waals surface area (Å²) in [5.41, 5.74) is -0.418. The minimum Gasteiger partial charge on any atom is -0.477 e. The molecule has 4 heterocycles. The highest BCUT2D eigenvalue weighted by Crippen LogP contribution is 2.27. The second kappa shape index (κ2) is 8.70. The topological polar surface area (TPSA) is 100 Å². The summed E-state index contributed by atoms with van der Waals surface area (Å²) in [6.45, 7) is 1.66. The van der Waals surface area contributed by atoms with Crippen LogP contribution >= 0.6 is 35.5 Å². The quantitative estimate of drug-likeness (QED) is 0.605. The third kappa shape index (κ3) is 3.85. The van der Waals surface area contributed by atoms with Crippen molar-refractivity contribution in [2.45, 2.75) is 11.3 Å². The molecule has 1 saturated heterocycles. The number of aromatic nitrogens is 3. The normalized spacial score (nSPS) is 18.8. The molecule has 11 heteroatoms. The maximum atomic E-state index is 12.6. The van der Waals surface area contributed by atoms with E-state index in [1.165, 1.54) is 17.5 Å². The number of hydrogen-bond acceptors (Lipinski definition) is 8. The number of carboxylic acid groups (broad SMARTS) is 1. The van der Waals surface area contributed by atoms with Gasteiger partial charge in [0.05, 0.1) is 5.39 Å². The molecule has 1 aliphatic heterocycles. The maximum Gasteiger partial charge on any atom is 0.341 e. The number of thioether (sulfide) groups is 1. The lowest BCUT2D eigenvalue weighted by molar-refractivity contribution is 0.0695. The number of thiazole rings is 1. The molecule has 2 N–H and O–H groups in total. The number of rotatable bonds is 5. The summed E-state index contributed by atoms with van der Waals surface area (Å²) in [6.07, 6.45) is 5.04. The standard InChI is InChI=1S/C18H19N5O3S2.ClH/c1-19-12-8-22(9-13(12)27-2)14-4-3-10-15(24)11(17(25)26)7-23(16(10)21-14)18-20-5-6-28-18;/h3-7,12-13,19H,8-9H2,1-2H3,(H,25,26);1H. The third-order valence-corrected chi connectivity index (χ3v) is 6.81. The Kier molecular flexibility index (Phi) is 6.47. The first-order valence-corrected chi connectivity index (χ1v) is 10.8. The molecule has 8 nitrogen and oxygen atoms in total. The van der Waals surface area contributed by atoms with E-state index in [1.54, 1.807) is 28.3 Å². The second-order valence-electron chi connectivity index (χ2n) is 6.48. The van der Waals surface area contributed by atoms with Gasteiger partial charge in [-0.3, -0.25) is 9.36 Å². The minimum atomic E-state index is -1.26. The molecule has 1 fully saturated rings. The van der Waals surface area contributed by atoms with Gasteiger partial charge >= 0.3 is 5.97 Å². The highest BCUT2D eigenvalue weighted by Gasteiger charge is 2.32. The van der Waals surface area contributed by atoms with Crippen LogP contribution in [-0.2, 0) is 0 Å². The number of nitrogens with one attached hydrogen (secondary N) is 1. The number of likely N-dealkylation sites (N-methyl/N-ethyl adjacent to an activating group) is 1. The Balaban J connectivity index is 0.00000240. The number of hydrogen-bond donors (Lipinski definition) is 2. The summed E-state index contributed by atoms with van der Waals surface area (Å²) in [5.74, 6) is -0.502. The van der Waals surface area contributed by atoms with Crippen LogP contribution < -0.4 is 15.6 Å². The first kappa shape index (κ1) is 21.6. The van der Waals surface area contributed by atoms with Crippen molar-refractivity contribution < 1.29 is 9.90 Å². The van der Waals surface area contributed by atoms with Crippen molar-refractivity contribution >= 4 is 58.3 Å². The molecule has 0 aliphatic carbocycles. The van der Waals surface area contributed by atoms with Crippen molar-refractivity contribution in [3.05, 3.63) is 45.7 Å². The van der Waals surface area contributed by atoms with Gasteiger partial charge in [-0.2, -0.15) is 11.8 Å². The average molecular weight is 454 g/mol. The van der Waals surface area contributed by atoms with Gasteiger partial charge in [0.15, 0.2) is 10.8 Å². The molecule has 1 aliphatic rings. The van der Waals surface area contributed by atoms with E-state index < -0.39 is 11.4 Å². The third-order valence-electron chi connectivity index (χ3n) is 4.96. The van der Waals surface area contributed by atoms with Crippen LogP contribution in [0, 0.1) is 0 Å². The number of halogens is 1. The van der Waals surface area contributed by atoms with Crippen molar-refractivity contribution in [2.24, 2.45) is 0 Å². The van der Waals surface area contributed by atoms with E-state index in [-0.39, 0.29) is 23.4 Å². The SMILES string of the molecule is CNC1CN(c2ccc3c(=O)c(C(=O)O)cn(-c4nccs4)c3n2)CC1SC.Cl. The van der Waals surface area contributed by atoms with Gasteiger partial charge < -0.3 is 15.3 Å². The van der Waals surface area contributed by atoms with E-state index in [9.17, 15) is 14.7 Å². The number of carboxylic acids is 1. The lowest BCUT2D eigenvalue weighted by atomic mass is 10.2. The number of fused-ring (bicyclic) bond motifs is 1. The van der Waals surface area contributed by atoms with E-state index in [1.807, 2.05) is 18.8 Å². The molecule has 0 radical (unpaired) electrons. The molecule has 4 rings (SSSR count). The van der Waals surface area contributed by atoms with Crippen molar-refractivity contribution in [3.8, 4) is 5.13 Å². The van der Waals surface area contributed by atoms with Crippen molar-refractivity contribution in [2.75, 3.05) is 31.3 Å². The van der Waals surface area contributed by atoms with Gasteiger partial charge in [-0.15, -0.1) is 23.7 Å². The highest BCUT2D eigenvalue weighted by molar-refractivity contribution is 7.99. The number of aromatic carboxylic acids is 1. The largest absolute Gasteiger partial charge is 0.477 e. The van der Waals surface area contributed by atoms with Crippen LogP contribution in [0.4, 0.5) is 5.82 Å². The minimum absolute atomic E-state index is 0. The van der Waals surface area contributed by atoms with E-state index in [0.717, 1.165) is 18.9 Å². The Morgan fingerprint density at radius 2 is 2.17 bits per heavy atom. The fourth-order valence-electron chi connectivity index (χ4n) is 3.48. The Morgan fingerprint density at radius 3 is 2.76 bits per heavy atom. The molecule has 2 unspecified atom stereocenters. The molecule has 0 saturated carbocycles. The fourth-order valence-corrected chi connectivity index (χ4v) is 4.98. The average Bonchev–Trinajstić information content (AvgIpc) is 3.37. The molecule has 0 amide bonds. The van der Waals surface area contributed by atoms with Gasteiger partial charge in [-0.05, 0) is 25.4 Å². The molecular formula is C18H20ClN5O3S2. The lowest BCUT2D eigenvalue weighted by Crippen LogP contribution is -2.34. The zero-order valence-corrected chi connectivity index (χ0v) is 18.2. The molecular weight excluding hydrogens is 434 g/mol. The van der Waals surface area contributed by atoms with Crippen LogP contribution in [0.1, 0.15) is 10.4 Å². The monoisotopic (exact) mass is 453 g/mol. The van der Waals surface area contributed by atoms with Crippen LogP contribution in [0.3, 0.4) is 0 Å². The first-order chi connectivity index (χ1) is 13.5. The van der Waals surface area contributed by atoms with Crippen LogP contribution in [0.5, 0.6) is 0 Å². The van der Waals surface area contributed by atoms with Gasteiger partial charge in [0.2, 0.25) is 5.43 Å². The molecule has 0 spiro atoms. The van der Waals surface area contributed by atoms with Gasteiger partial charge in [0, 0.05) is 42.2 Å². The van der Waals surface area contributed by atoms with Crippen molar-refractivity contribution in [1.29, 1.82) is 0 Å². The number of anilines is 1. The Morgan fingerprint density at radius 1 is 1.38 bits per heavy atom. The van der Waals surface area contributed by atoms with E-state index in [2.05, 4.69) is 21.5 Å². The molecule has 29 heavy (non-hydrogen) atoms. The summed E-state index contributed by atoms with van der Waals surface area (Å²) >= 11 is 3.17. The summed E-state index contributed by atoms with van der Waals surface area (Å²) in [7, 11) is 1.96. The predicted octanol–water partition coefficient (Wildman–Crippen LogP) is 2.10. The predicted molar refractivity (Wildman–Crippen MR) is 120 cm³/mol. The molecule has 0 aromatic carbocycles. The molecule has 0 bridgehead atoms. The van der Waals surface area contributed by atoms with Crippen molar-refractivity contribution in [3.63, 3.8) is 0 Å². The Labute approximate surface area is 181 Å². The number of carbonyl (C=O) groups is 1. The van der Waals surface area contributed by atoms with Gasteiger partial charge in [-0.1, -0.05) is 0 Å². The second-order valence-corrected chi connectivity index (χ2v) is 8.43. The lowest BCUT2D eigenvalue weighted by Gasteiger charge is -2.18.